The molecule has 0 radical (unpaired) electrons. The van der Waals surface area contributed by atoms with Crippen molar-refractivity contribution in [1.29, 1.82) is 0 Å². The number of methoxy groups -OCH3 is 2. The number of esters is 1. The predicted molar refractivity (Wildman–Crippen MR) is 250 cm³/mol. The van der Waals surface area contributed by atoms with E-state index in [4.69, 9.17) is 19.3 Å². The second kappa shape index (κ2) is 26.8. The molecule has 1 saturated heterocycles. The van der Waals surface area contributed by atoms with Crippen molar-refractivity contribution < 1.29 is 53.2 Å². The van der Waals surface area contributed by atoms with Gasteiger partial charge in [-0.15, -0.1) is 0 Å². The van der Waals surface area contributed by atoms with Crippen LogP contribution in [0.25, 0.3) is 0 Å². The SMILES string of the molecule is CCC(C)C(C(CC(=O)N1CCCC1C(OC)C(C)C(=O)NC(Cc1ccc(O)cc1)C(=O)OC(C)(C)C)OC)N(C)C(=O)C(NC(=O)C(C(C)C)N(C)CCCCCC(=O)O)C(C)C. The molecule has 1 aliphatic heterocycles. The third-order valence-electron chi connectivity index (χ3n) is 12.6. The van der Waals surface area contributed by atoms with Gasteiger partial charge in [0.15, 0.2) is 0 Å². The van der Waals surface area contributed by atoms with E-state index in [1.54, 1.807) is 56.7 Å². The first-order valence-corrected chi connectivity index (χ1v) is 23.5. The number of hydrogen-bond acceptors (Lipinski definition) is 11. The van der Waals surface area contributed by atoms with Crippen LogP contribution in [0.1, 0.15) is 126 Å². The van der Waals surface area contributed by atoms with E-state index in [-0.39, 0.29) is 60.5 Å². The van der Waals surface area contributed by atoms with Gasteiger partial charge in [0.05, 0.1) is 42.7 Å². The number of unbranched alkanes of at least 4 members (excludes halogenated alkanes) is 2. The lowest BCUT2D eigenvalue weighted by Gasteiger charge is -2.41. The van der Waals surface area contributed by atoms with Crippen LogP contribution in [-0.2, 0) is 49.4 Å². The lowest BCUT2D eigenvalue weighted by atomic mass is 9.89. The van der Waals surface area contributed by atoms with E-state index >= 15 is 0 Å². The molecule has 1 aromatic rings. The number of amides is 4. The van der Waals surface area contributed by atoms with E-state index < -0.39 is 71.8 Å². The summed E-state index contributed by atoms with van der Waals surface area (Å²) in [7, 11) is 6.61. The molecule has 370 valence electrons. The first kappa shape index (κ1) is 56.8. The lowest BCUT2D eigenvalue weighted by molar-refractivity contribution is -0.159. The Kier molecular flexibility index (Phi) is 23.4. The number of aliphatic carboxylic acids is 1. The smallest absolute Gasteiger partial charge is 0.329 e. The summed E-state index contributed by atoms with van der Waals surface area (Å²) in [6, 6.07) is 3.00. The fraction of sp³-hybridized carbons (Fsp3) is 0.755. The molecule has 9 unspecified atom stereocenters. The van der Waals surface area contributed by atoms with Gasteiger partial charge in [-0.25, -0.2) is 4.79 Å². The number of rotatable bonds is 27. The van der Waals surface area contributed by atoms with E-state index in [9.17, 15) is 33.9 Å². The molecule has 2 rings (SSSR count). The van der Waals surface area contributed by atoms with Crippen molar-refractivity contribution in [3.8, 4) is 5.75 Å². The molecule has 1 fully saturated rings. The molecule has 16 nitrogen and oxygen atoms in total. The van der Waals surface area contributed by atoms with Crippen LogP contribution in [0.5, 0.6) is 5.75 Å². The van der Waals surface area contributed by atoms with Crippen molar-refractivity contribution in [3.05, 3.63) is 29.8 Å². The molecule has 0 aliphatic carbocycles. The molecular formula is C49H83N5O11. The highest BCUT2D eigenvalue weighted by molar-refractivity contribution is 5.90. The zero-order valence-electron chi connectivity index (χ0n) is 41.8. The van der Waals surface area contributed by atoms with Crippen molar-refractivity contribution in [1.82, 2.24) is 25.3 Å². The molecule has 9 atom stereocenters. The molecule has 4 N–H and O–H groups in total. The monoisotopic (exact) mass is 918 g/mol. The Morgan fingerprint density at radius 2 is 1.51 bits per heavy atom. The van der Waals surface area contributed by atoms with E-state index in [0.717, 1.165) is 12.8 Å². The highest BCUT2D eigenvalue weighted by Gasteiger charge is 2.44. The number of carbonyl (C=O) groups excluding carboxylic acids is 5. The predicted octanol–water partition coefficient (Wildman–Crippen LogP) is 5.42. The van der Waals surface area contributed by atoms with Crippen LogP contribution in [0.2, 0.25) is 0 Å². The summed E-state index contributed by atoms with van der Waals surface area (Å²) in [6.45, 7) is 19.7. The summed E-state index contributed by atoms with van der Waals surface area (Å²) in [4.78, 5) is 86.6. The Balaban J connectivity index is 2.29. The Morgan fingerprint density at radius 1 is 0.877 bits per heavy atom. The van der Waals surface area contributed by atoms with Crippen molar-refractivity contribution in [2.45, 2.75) is 175 Å². The molecule has 4 amide bonds. The van der Waals surface area contributed by atoms with Gasteiger partial charge in [-0.1, -0.05) is 73.4 Å². The Morgan fingerprint density at radius 3 is 2.03 bits per heavy atom. The van der Waals surface area contributed by atoms with E-state index in [1.807, 2.05) is 53.5 Å². The van der Waals surface area contributed by atoms with Crippen LogP contribution in [0.15, 0.2) is 24.3 Å². The van der Waals surface area contributed by atoms with Crippen molar-refractivity contribution in [2.24, 2.45) is 23.7 Å². The molecule has 0 spiro atoms. The minimum absolute atomic E-state index is 0.0463. The third-order valence-corrected chi connectivity index (χ3v) is 12.6. The number of phenolic OH excluding ortho intramolecular Hbond substituents is 1. The highest BCUT2D eigenvalue weighted by Crippen LogP contribution is 2.30. The second-order valence-electron chi connectivity index (χ2n) is 19.7. The quantitative estimate of drug-likeness (QED) is 0.0646. The van der Waals surface area contributed by atoms with Crippen LogP contribution < -0.4 is 10.6 Å². The van der Waals surface area contributed by atoms with Gasteiger partial charge in [-0.2, -0.15) is 0 Å². The zero-order valence-corrected chi connectivity index (χ0v) is 41.8. The largest absolute Gasteiger partial charge is 0.508 e. The number of ether oxygens (including phenoxy) is 3. The topological polar surface area (TPSA) is 204 Å². The fourth-order valence-electron chi connectivity index (χ4n) is 8.98. The van der Waals surface area contributed by atoms with Gasteiger partial charge in [0.2, 0.25) is 23.6 Å². The molecule has 0 aromatic heterocycles. The first-order chi connectivity index (χ1) is 30.4. The lowest BCUT2D eigenvalue weighted by Crippen LogP contribution is -2.60. The number of carboxylic acid groups (broad SMARTS) is 1. The van der Waals surface area contributed by atoms with Gasteiger partial charge in [0.1, 0.15) is 23.4 Å². The van der Waals surface area contributed by atoms with Gasteiger partial charge in [-0.05, 0) is 95.5 Å². The van der Waals surface area contributed by atoms with Gasteiger partial charge in [0.25, 0.3) is 0 Å². The number of hydrogen-bond donors (Lipinski definition) is 4. The summed E-state index contributed by atoms with van der Waals surface area (Å²) in [5.74, 6) is -3.75. The van der Waals surface area contributed by atoms with Crippen molar-refractivity contribution in [3.63, 3.8) is 0 Å². The Hall–Kier alpha value is -4.28. The maximum atomic E-state index is 14.5. The van der Waals surface area contributed by atoms with Crippen LogP contribution in [0.3, 0.4) is 0 Å². The number of carbonyl (C=O) groups is 6. The van der Waals surface area contributed by atoms with E-state index in [2.05, 4.69) is 10.6 Å². The summed E-state index contributed by atoms with van der Waals surface area (Å²) < 4.78 is 17.7. The molecule has 0 bridgehead atoms. The fourth-order valence-corrected chi connectivity index (χ4v) is 8.98. The standard InChI is InChI=1S/C49H83N5O11/c1-15-32(6)43(53(12)47(61)41(30(2)3)51-46(60)42(31(4)5)52(11)26-18-16-17-21-40(57)58)38(63-13)29-39(56)54-27-19-20-37(54)44(64-14)33(7)45(59)50-36(48(62)65-49(8,9)10)28-34-22-24-35(55)25-23-34/h22-25,30-33,36-38,41-44,55H,15-21,26-29H2,1-14H3,(H,50,59)(H,51,60)(H,57,58). The second-order valence-corrected chi connectivity index (χ2v) is 19.7. The van der Waals surface area contributed by atoms with Gasteiger partial charge in [0, 0.05) is 40.7 Å². The molecule has 65 heavy (non-hydrogen) atoms. The number of likely N-dealkylation sites (N-methyl/N-ethyl adjacent to an activating group) is 2. The van der Waals surface area contributed by atoms with Crippen LogP contribution in [-0.4, -0.2) is 150 Å². The molecule has 0 saturated carbocycles. The van der Waals surface area contributed by atoms with Crippen LogP contribution in [0.4, 0.5) is 0 Å². The van der Waals surface area contributed by atoms with Crippen LogP contribution >= 0.6 is 0 Å². The number of phenols is 1. The summed E-state index contributed by atoms with van der Waals surface area (Å²) in [5.41, 5.74) is -0.0878. The number of nitrogens with one attached hydrogen (secondary N) is 2. The number of carboxylic acids is 1. The van der Waals surface area contributed by atoms with Crippen molar-refractivity contribution in [2.75, 3.05) is 41.4 Å². The molecular weight excluding hydrogens is 835 g/mol. The highest BCUT2D eigenvalue weighted by atomic mass is 16.6. The number of nitrogens with zero attached hydrogens (tertiary/aromatic N) is 3. The van der Waals surface area contributed by atoms with E-state index in [1.165, 1.54) is 26.4 Å². The average Bonchev–Trinajstić information content (AvgIpc) is 3.71. The summed E-state index contributed by atoms with van der Waals surface area (Å²) >= 11 is 0. The summed E-state index contributed by atoms with van der Waals surface area (Å²) in [5, 5.41) is 24.7. The third kappa shape index (κ3) is 17.5. The maximum absolute atomic E-state index is 14.5. The number of likely N-dealkylation sites (tertiary alicyclic amines) is 1. The number of aromatic hydroxyl groups is 1. The van der Waals surface area contributed by atoms with Gasteiger partial charge < -0.3 is 44.9 Å². The summed E-state index contributed by atoms with van der Waals surface area (Å²) in [6.07, 6.45) is 2.75. The average molecular weight is 918 g/mol. The van der Waals surface area contributed by atoms with Crippen LogP contribution in [0, 0.1) is 23.7 Å². The van der Waals surface area contributed by atoms with Gasteiger partial charge in [-0.3, -0.25) is 28.9 Å². The Labute approximate surface area is 388 Å². The van der Waals surface area contributed by atoms with Gasteiger partial charge >= 0.3 is 11.9 Å². The zero-order chi connectivity index (χ0) is 49.3. The molecule has 1 aliphatic rings. The molecule has 1 aromatic carbocycles. The molecule has 16 heteroatoms. The normalized spacial score (nSPS) is 18.0. The number of benzene rings is 1. The first-order valence-electron chi connectivity index (χ1n) is 23.5. The van der Waals surface area contributed by atoms with Crippen molar-refractivity contribution >= 4 is 35.6 Å². The Bertz CT molecular complexity index is 1680. The minimum Gasteiger partial charge on any atom is -0.508 e. The maximum Gasteiger partial charge on any atom is 0.329 e. The minimum atomic E-state index is -1.03. The molecule has 1 heterocycles. The van der Waals surface area contributed by atoms with E-state index in [0.29, 0.717) is 44.3 Å².